The van der Waals surface area contributed by atoms with Crippen LogP contribution in [0.3, 0.4) is 0 Å². The highest BCUT2D eigenvalue weighted by molar-refractivity contribution is 6.20. The number of aromatic nitrogens is 1. The van der Waals surface area contributed by atoms with E-state index in [1.807, 2.05) is 36.4 Å². The van der Waals surface area contributed by atoms with Crippen molar-refractivity contribution in [2.45, 2.75) is 0 Å². The first-order chi connectivity index (χ1) is 30.2. The Kier molecular flexibility index (Phi) is 7.24. The Hall–Kier alpha value is -8.28. The van der Waals surface area contributed by atoms with Crippen LogP contribution >= 0.6 is 0 Å². The molecule has 0 aliphatic rings. The zero-order chi connectivity index (χ0) is 40.0. The lowest BCUT2D eigenvalue weighted by molar-refractivity contribution is 0.645. The van der Waals surface area contributed by atoms with E-state index in [1.165, 1.54) is 5.39 Å². The fourth-order valence-electron chi connectivity index (χ4n) is 9.42. The lowest BCUT2D eigenvalue weighted by Gasteiger charge is -2.26. The maximum absolute atomic E-state index is 6.56. The van der Waals surface area contributed by atoms with Crippen LogP contribution in [0.25, 0.3) is 105 Å². The van der Waals surface area contributed by atoms with E-state index in [0.717, 1.165) is 116 Å². The van der Waals surface area contributed by atoms with Gasteiger partial charge in [-0.3, -0.25) is 4.57 Å². The molecular formula is C56H34N2O3. The number of benzene rings is 9. The number of hydrogen-bond donors (Lipinski definition) is 0. The molecular weight excluding hydrogens is 749 g/mol. The summed E-state index contributed by atoms with van der Waals surface area (Å²) in [5.41, 5.74) is 14.9. The van der Waals surface area contributed by atoms with Gasteiger partial charge >= 0.3 is 0 Å². The Morgan fingerprint density at radius 2 is 0.754 bits per heavy atom. The van der Waals surface area contributed by atoms with Gasteiger partial charge in [-0.2, -0.15) is 0 Å². The van der Waals surface area contributed by atoms with Crippen molar-refractivity contribution >= 4 is 93.9 Å². The average molecular weight is 783 g/mol. The van der Waals surface area contributed by atoms with E-state index in [2.05, 4.69) is 179 Å². The maximum Gasteiger partial charge on any atom is 0.213 e. The van der Waals surface area contributed by atoms with Crippen molar-refractivity contribution in [3.8, 4) is 27.9 Å². The molecule has 4 aromatic heterocycles. The molecule has 0 aliphatic carbocycles. The van der Waals surface area contributed by atoms with Gasteiger partial charge in [0.1, 0.15) is 27.9 Å². The molecule has 9 aromatic carbocycles. The third-order valence-electron chi connectivity index (χ3n) is 12.2. The third-order valence-corrected chi connectivity index (χ3v) is 12.2. The first kappa shape index (κ1) is 33.7. The highest BCUT2D eigenvalue weighted by Gasteiger charge is 2.21. The van der Waals surface area contributed by atoms with Crippen LogP contribution in [0.15, 0.2) is 220 Å². The standard InChI is InChI=1S/C56H34N2O3/c1-5-19-49-47(13-1)53-48-14-4-8-22-52(48)61-56(53)58(49)40-33-31-39(32-34-40)57(37-27-23-35(24-28-37)41-15-9-17-45-43-11-2-6-20-50(43)59-54(41)45)38-29-25-36(26-30-38)42-16-10-18-46-44-12-3-7-21-51(44)60-55(42)46/h1-34H. The Morgan fingerprint density at radius 3 is 1.30 bits per heavy atom. The summed E-state index contributed by atoms with van der Waals surface area (Å²) in [4.78, 5) is 2.31. The van der Waals surface area contributed by atoms with Crippen LogP contribution < -0.4 is 4.90 Å². The summed E-state index contributed by atoms with van der Waals surface area (Å²) < 4.78 is 21.7. The summed E-state index contributed by atoms with van der Waals surface area (Å²) in [5.74, 6) is 0. The van der Waals surface area contributed by atoms with Crippen LogP contribution in [0.5, 0.6) is 0 Å². The molecule has 0 N–H and O–H groups in total. The fourth-order valence-corrected chi connectivity index (χ4v) is 9.42. The van der Waals surface area contributed by atoms with E-state index in [9.17, 15) is 0 Å². The number of hydrogen-bond acceptors (Lipinski definition) is 4. The fraction of sp³-hybridized carbons (Fsp3) is 0. The first-order valence-electron chi connectivity index (χ1n) is 20.6. The summed E-state index contributed by atoms with van der Waals surface area (Å²) >= 11 is 0. The second kappa shape index (κ2) is 13.1. The Morgan fingerprint density at radius 1 is 0.328 bits per heavy atom. The van der Waals surface area contributed by atoms with Gasteiger partial charge in [0.05, 0.1) is 10.9 Å². The van der Waals surface area contributed by atoms with Gasteiger partial charge in [-0.15, -0.1) is 0 Å². The molecule has 4 heterocycles. The van der Waals surface area contributed by atoms with E-state index in [4.69, 9.17) is 13.3 Å². The number of para-hydroxylation sites is 6. The molecule has 0 amide bonds. The van der Waals surface area contributed by atoms with Crippen LogP contribution in [-0.2, 0) is 0 Å². The van der Waals surface area contributed by atoms with Crippen molar-refractivity contribution in [2.24, 2.45) is 0 Å². The molecule has 0 radical (unpaired) electrons. The Bertz CT molecular complexity index is 3650. The minimum absolute atomic E-state index is 0.845. The summed E-state index contributed by atoms with van der Waals surface area (Å²) in [5, 5.41) is 7.91. The number of nitrogens with zero attached hydrogens (tertiary/aromatic N) is 2. The quantitative estimate of drug-likeness (QED) is 0.169. The molecule has 0 aliphatic heterocycles. The van der Waals surface area contributed by atoms with Crippen molar-refractivity contribution in [2.75, 3.05) is 4.90 Å². The van der Waals surface area contributed by atoms with E-state index >= 15 is 0 Å². The molecule has 0 spiro atoms. The molecule has 0 unspecified atom stereocenters. The molecule has 0 atom stereocenters. The lowest BCUT2D eigenvalue weighted by atomic mass is 10.0. The first-order valence-corrected chi connectivity index (χ1v) is 20.6. The topological polar surface area (TPSA) is 47.6 Å². The number of furan rings is 3. The van der Waals surface area contributed by atoms with Gasteiger partial charge in [-0.25, -0.2) is 0 Å². The van der Waals surface area contributed by atoms with Crippen molar-refractivity contribution in [3.05, 3.63) is 206 Å². The van der Waals surface area contributed by atoms with Gasteiger partial charge < -0.3 is 18.2 Å². The van der Waals surface area contributed by atoms with E-state index in [-0.39, 0.29) is 0 Å². The maximum atomic E-state index is 6.56. The third kappa shape index (κ3) is 5.14. The largest absolute Gasteiger partial charge is 0.455 e. The molecule has 0 saturated heterocycles. The molecule has 5 heteroatoms. The van der Waals surface area contributed by atoms with Crippen molar-refractivity contribution in [3.63, 3.8) is 0 Å². The minimum atomic E-state index is 0.845. The van der Waals surface area contributed by atoms with Crippen LogP contribution in [0.2, 0.25) is 0 Å². The van der Waals surface area contributed by atoms with Crippen LogP contribution in [-0.4, -0.2) is 4.57 Å². The second-order valence-electron chi connectivity index (χ2n) is 15.6. The number of rotatable bonds is 6. The van der Waals surface area contributed by atoms with Gasteiger partial charge in [0, 0.05) is 66.2 Å². The van der Waals surface area contributed by atoms with Gasteiger partial charge in [-0.05, 0) is 83.9 Å². The normalized spacial score (nSPS) is 11.9. The summed E-state index contributed by atoms with van der Waals surface area (Å²) in [6.45, 7) is 0. The zero-order valence-corrected chi connectivity index (χ0v) is 32.7. The van der Waals surface area contributed by atoms with Crippen molar-refractivity contribution in [1.29, 1.82) is 0 Å². The smallest absolute Gasteiger partial charge is 0.213 e. The van der Waals surface area contributed by atoms with Gasteiger partial charge in [0.15, 0.2) is 0 Å². The number of anilines is 3. The summed E-state index contributed by atoms with van der Waals surface area (Å²) in [6, 6.07) is 72.4. The monoisotopic (exact) mass is 782 g/mol. The number of fused-ring (bicyclic) bond motifs is 11. The van der Waals surface area contributed by atoms with Crippen LogP contribution in [0, 0.1) is 0 Å². The van der Waals surface area contributed by atoms with Crippen molar-refractivity contribution < 1.29 is 13.3 Å². The average Bonchev–Trinajstić information content (AvgIpc) is 4.08. The van der Waals surface area contributed by atoms with Gasteiger partial charge in [0.25, 0.3) is 0 Å². The summed E-state index contributed by atoms with van der Waals surface area (Å²) in [7, 11) is 0. The van der Waals surface area contributed by atoms with E-state index in [0.29, 0.717) is 0 Å². The Labute approximate surface area is 349 Å². The van der Waals surface area contributed by atoms with Gasteiger partial charge in [0.2, 0.25) is 5.71 Å². The van der Waals surface area contributed by atoms with E-state index in [1.54, 1.807) is 0 Å². The minimum Gasteiger partial charge on any atom is -0.455 e. The molecule has 13 aromatic rings. The highest BCUT2D eigenvalue weighted by Crippen LogP contribution is 2.43. The van der Waals surface area contributed by atoms with Crippen LogP contribution in [0.1, 0.15) is 0 Å². The Balaban J connectivity index is 0.933. The van der Waals surface area contributed by atoms with Crippen LogP contribution in [0.4, 0.5) is 17.1 Å². The molecule has 0 fully saturated rings. The summed E-state index contributed by atoms with van der Waals surface area (Å²) in [6.07, 6.45) is 0. The predicted octanol–water partition coefficient (Wildman–Crippen LogP) is 16.1. The second-order valence-corrected chi connectivity index (χ2v) is 15.6. The molecule has 0 bridgehead atoms. The van der Waals surface area contributed by atoms with Crippen molar-refractivity contribution in [1.82, 2.24) is 4.57 Å². The predicted molar refractivity (Wildman–Crippen MR) is 251 cm³/mol. The SMILES string of the molecule is c1ccc2c(c1)oc1c(-c3ccc(N(c4ccc(-c5cccc6c5oc5ccccc56)cc4)c4ccc(-n5c6ccccc6c6c7ccccc7oc65)cc4)cc3)cccc12. The molecule has 286 valence electrons. The van der Waals surface area contributed by atoms with E-state index < -0.39 is 0 Å². The lowest BCUT2D eigenvalue weighted by Crippen LogP contribution is -2.10. The zero-order valence-electron chi connectivity index (χ0n) is 32.7. The molecule has 5 nitrogen and oxygen atoms in total. The molecule has 61 heavy (non-hydrogen) atoms. The van der Waals surface area contributed by atoms with Gasteiger partial charge in [-0.1, -0.05) is 133 Å². The molecule has 0 saturated carbocycles. The highest BCUT2D eigenvalue weighted by atomic mass is 16.3. The molecule has 13 rings (SSSR count).